The van der Waals surface area contributed by atoms with Crippen molar-refractivity contribution in [3.8, 4) is 0 Å². The van der Waals surface area contributed by atoms with E-state index in [0.29, 0.717) is 11.6 Å². The van der Waals surface area contributed by atoms with Gasteiger partial charge in [-0.25, -0.2) is 9.18 Å². The number of amides is 3. The molecule has 6 nitrogen and oxygen atoms in total. The van der Waals surface area contributed by atoms with Crippen LogP contribution in [0.5, 0.6) is 0 Å². The van der Waals surface area contributed by atoms with E-state index in [1.165, 1.54) is 21.9 Å². The largest absolute Gasteiger partial charge is 0.391 e. The molecule has 2 aromatic rings. The summed E-state index contributed by atoms with van der Waals surface area (Å²) < 4.78 is 14.0. The molecule has 1 saturated heterocycles. The molecule has 29 heavy (non-hydrogen) atoms. The highest BCUT2D eigenvalue weighted by molar-refractivity contribution is 6.30. The zero-order valence-corrected chi connectivity index (χ0v) is 17.1. The summed E-state index contributed by atoms with van der Waals surface area (Å²) in [5.74, 6) is -1.00. The molecule has 0 bridgehead atoms. The summed E-state index contributed by atoms with van der Waals surface area (Å²) in [4.78, 5) is 28.3. The number of carbonyl (C=O) groups excluding carboxylic acids is 2. The minimum absolute atomic E-state index is 0.0216. The van der Waals surface area contributed by atoms with Crippen LogP contribution in [0, 0.1) is 5.82 Å². The Hall–Kier alpha value is -2.35. The Morgan fingerprint density at radius 2 is 1.86 bits per heavy atom. The molecule has 1 aliphatic rings. The van der Waals surface area contributed by atoms with Crippen LogP contribution in [0.25, 0.3) is 0 Å². The van der Waals surface area contributed by atoms with Gasteiger partial charge < -0.3 is 20.2 Å². The van der Waals surface area contributed by atoms with Crippen LogP contribution in [0.3, 0.4) is 0 Å². The third kappa shape index (κ3) is 5.18. The Morgan fingerprint density at radius 3 is 2.52 bits per heavy atom. The van der Waals surface area contributed by atoms with Gasteiger partial charge in [-0.1, -0.05) is 35.3 Å². The maximum absolute atomic E-state index is 14.0. The molecule has 1 fully saturated rings. The van der Waals surface area contributed by atoms with Gasteiger partial charge in [0.2, 0.25) is 5.91 Å². The number of β-amino-alcohol motifs (C(OH)–C–C–N with tert-alkyl or cyclic N) is 1. The number of hydrogen-bond acceptors (Lipinski definition) is 3. The average Bonchev–Trinajstić information content (AvgIpc) is 3.07. The first-order chi connectivity index (χ1) is 13.7. The van der Waals surface area contributed by atoms with Crippen LogP contribution in [0.2, 0.25) is 10.0 Å². The van der Waals surface area contributed by atoms with Gasteiger partial charge in [0.05, 0.1) is 11.8 Å². The SMILES string of the molecule is CN(Cc1ccc(Cl)cc1)C(=O)C1C[C@H](O)CN1C(=O)Nc1ccc(Cl)cc1F. The molecule has 9 heteroatoms. The van der Waals surface area contributed by atoms with Gasteiger partial charge in [0, 0.05) is 36.6 Å². The second kappa shape index (κ2) is 8.98. The lowest BCUT2D eigenvalue weighted by Crippen LogP contribution is -2.47. The Morgan fingerprint density at radius 1 is 1.21 bits per heavy atom. The maximum Gasteiger partial charge on any atom is 0.322 e. The number of benzene rings is 2. The van der Waals surface area contributed by atoms with Crippen LogP contribution in [0.1, 0.15) is 12.0 Å². The number of halogens is 3. The van der Waals surface area contributed by atoms with Gasteiger partial charge in [-0.15, -0.1) is 0 Å². The number of nitrogens with zero attached hydrogens (tertiary/aromatic N) is 2. The van der Waals surface area contributed by atoms with Crippen LogP contribution in [-0.4, -0.2) is 52.6 Å². The van der Waals surface area contributed by atoms with Gasteiger partial charge in [0.1, 0.15) is 11.9 Å². The van der Waals surface area contributed by atoms with Gasteiger partial charge in [0.25, 0.3) is 0 Å². The summed E-state index contributed by atoms with van der Waals surface area (Å²) in [5.41, 5.74) is 0.824. The minimum Gasteiger partial charge on any atom is -0.391 e. The lowest BCUT2D eigenvalue weighted by molar-refractivity contribution is -0.134. The van der Waals surface area contributed by atoms with Crippen molar-refractivity contribution in [3.05, 3.63) is 63.9 Å². The van der Waals surface area contributed by atoms with Crippen LogP contribution >= 0.6 is 23.2 Å². The molecule has 2 aromatic carbocycles. The van der Waals surface area contributed by atoms with Gasteiger partial charge >= 0.3 is 6.03 Å². The molecule has 154 valence electrons. The number of likely N-dealkylation sites (N-methyl/N-ethyl adjacent to an activating group) is 1. The van der Waals surface area contributed by atoms with Crippen molar-refractivity contribution < 1.29 is 19.1 Å². The summed E-state index contributed by atoms with van der Waals surface area (Å²) in [6.45, 7) is 0.302. The summed E-state index contributed by atoms with van der Waals surface area (Å²) in [6.07, 6.45) is -0.728. The predicted molar refractivity (Wildman–Crippen MR) is 109 cm³/mol. The molecule has 2 N–H and O–H groups in total. The van der Waals surface area contributed by atoms with Crippen molar-refractivity contribution >= 4 is 40.8 Å². The fraction of sp³-hybridized carbons (Fsp3) is 0.300. The number of nitrogens with one attached hydrogen (secondary N) is 1. The third-order valence-corrected chi connectivity index (χ3v) is 5.19. The standard InChI is InChI=1S/C20H20Cl2FN3O3/c1-25(10-12-2-4-13(21)5-3-12)19(28)18-9-15(27)11-26(18)20(29)24-17-7-6-14(22)8-16(17)23/h2-8,15,18,27H,9-11H2,1H3,(H,24,29)/t15-,18?/m0/s1. The molecule has 2 atom stereocenters. The monoisotopic (exact) mass is 439 g/mol. The summed E-state index contributed by atoms with van der Waals surface area (Å²) in [5, 5.41) is 13.3. The average molecular weight is 440 g/mol. The molecule has 1 unspecified atom stereocenters. The molecule has 1 heterocycles. The minimum atomic E-state index is -0.849. The Balaban J connectivity index is 1.70. The van der Waals surface area contributed by atoms with Crippen molar-refractivity contribution in [2.45, 2.75) is 25.1 Å². The number of hydrogen-bond donors (Lipinski definition) is 2. The highest BCUT2D eigenvalue weighted by atomic mass is 35.5. The fourth-order valence-electron chi connectivity index (χ4n) is 3.25. The van der Waals surface area contributed by atoms with Crippen molar-refractivity contribution in [1.29, 1.82) is 0 Å². The number of carbonyl (C=O) groups is 2. The van der Waals surface area contributed by atoms with E-state index in [-0.39, 0.29) is 29.6 Å². The highest BCUT2D eigenvalue weighted by Crippen LogP contribution is 2.24. The van der Waals surface area contributed by atoms with E-state index < -0.39 is 24.0 Å². The number of aliphatic hydroxyl groups excluding tert-OH is 1. The number of likely N-dealkylation sites (tertiary alicyclic amines) is 1. The second-order valence-corrected chi connectivity index (χ2v) is 7.81. The Kier molecular flexibility index (Phi) is 6.62. The lowest BCUT2D eigenvalue weighted by atomic mass is 10.1. The summed E-state index contributed by atoms with van der Waals surface area (Å²) in [6, 6.07) is 9.43. The quantitative estimate of drug-likeness (QED) is 0.761. The summed E-state index contributed by atoms with van der Waals surface area (Å²) >= 11 is 11.6. The van der Waals surface area contributed by atoms with E-state index in [4.69, 9.17) is 23.2 Å². The van der Waals surface area contributed by atoms with Crippen molar-refractivity contribution in [3.63, 3.8) is 0 Å². The summed E-state index contributed by atoms with van der Waals surface area (Å²) in [7, 11) is 1.62. The van der Waals surface area contributed by atoms with E-state index in [1.54, 1.807) is 19.2 Å². The molecule has 3 amide bonds. The Bertz CT molecular complexity index is 910. The van der Waals surface area contributed by atoms with Crippen molar-refractivity contribution in [2.24, 2.45) is 0 Å². The van der Waals surface area contributed by atoms with Crippen LogP contribution in [-0.2, 0) is 11.3 Å². The fourth-order valence-corrected chi connectivity index (χ4v) is 3.53. The van der Waals surface area contributed by atoms with Gasteiger partial charge in [-0.3, -0.25) is 4.79 Å². The first kappa shape index (κ1) is 21.4. The first-order valence-corrected chi connectivity index (χ1v) is 9.70. The van der Waals surface area contributed by atoms with E-state index >= 15 is 0 Å². The molecule has 3 rings (SSSR count). The highest BCUT2D eigenvalue weighted by Gasteiger charge is 2.40. The van der Waals surface area contributed by atoms with E-state index in [9.17, 15) is 19.1 Å². The molecular weight excluding hydrogens is 420 g/mol. The molecular formula is C20H20Cl2FN3O3. The molecule has 0 saturated carbocycles. The lowest BCUT2D eigenvalue weighted by Gasteiger charge is -2.28. The molecule has 0 radical (unpaired) electrons. The normalized spacial score (nSPS) is 18.6. The van der Waals surface area contributed by atoms with Crippen LogP contribution in [0.4, 0.5) is 14.9 Å². The second-order valence-electron chi connectivity index (χ2n) is 6.93. The van der Waals surface area contributed by atoms with Gasteiger partial charge in [-0.05, 0) is 35.9 Å². The molecule has 0 aromatic heterocycles. The van der Waals surface area contributed by atoms with Crippen molar-refractivity contribution in [1.82, 2.24) is 9.80 Å². The number of anilines is 1. The van der Waals surface area contributed by atoms with Gasteiger partial charge in [-0.2, -0.15) is 0 Å². The van der Waals surface area contributed by atoms with E-state index in [2.05, 4.69) is 5.32 Å². The zero-order valence-electron chi connectivity index (χ0n) is 15.6. The van der Waals surface area contributed by atoms with Gasteiger partial charge in [0.15, 0.2) is 0 Å². The smallest absolute Gasteiger partial charge is 0.322 e. The first-order valence-electron chi connectivity index (χ1n) is 8.94. The Labute approximate surface area is 177 Å². The maximum atomic E-state index is 14.0. The molecule has 1 aliphatic heterocycles. The van der Waals surface area contributed by atoms with Crippen LogP contribution < -0.4 is 5.32 Å². The van der Waals surface area contributed by atoms with E-state index in [0.717, 1.165) is 11.6 Å². The zero-order chi connectivity index (χ0) is 21.1. The number of rotatable bonds is 4. The van der Waals surface area contributed by atoms with Crippen molar-refractivity contribution in [2.75, 3.05) is 18.9 Å². The van der Waals surface area contributed by atoms with Crippen LogP contribution in [0.15, 0.2) is 42.5 Å². The molecule has 0 aliphatic carbocycles. The third-order valence-electron chi connectivity index (χ3n) is 4.71. The predicted octanol–water partition coefficient (Wildman–Crippen LogP) is 3.76. The topological polar surface area (TPSA) is 72.9 Å². The van der Waals surface area contributed by atoms with E-state index in [1.807, 2.05) is 12.1 Å². The number of aliphatic hydroxyl groups is 1. The molecule has 0 spiro atoms. The number of urea groups is 1.